The Kier molecular flexibility index (Phi) is 5.67. The van der Waals surface area contributed by atoms with Crippen LogP contribution in [0.1, 0.15) is 63.0 Å². The number of hydrogen-bond acceptors (Lipinski definition) is 4. The molecule has 1 fully saturated rings. The van der Waals surface area contributed by atoms with Gasteiger partial charge in [-0.05, 0) is 80.0 Å². The predicted octanol–water partition coefficient (Wildman–Crippen LogP) is 3.79. The summed E-state index contributed by atoms with van der Waals surface area (Å²) in [7, 11) is 0. The first-order chi connectivity index (χ1) is 12.0. The maximum absolute atomic E-state index is 12.3. The van der Waals surface area contributed by atoms with Crippen molar-refractivity contribution in [2.24, 2.45) is 17.8 Å². The first kappa shape index (κ1) is 18.2. The molecular formula is C21H30O4. The molecule has 0 radical (unpaired) electrons. The number of rotatable bonds is 2. The van der Waals surface area contributed by atoms with Gasteiger partial charge in [-0.15, -0.1) is 0 Å². The molecule has 0 aliphatic heterocycles. The minimum Gasteiger partial charge on any atom is -0.508 e. The van der Waals surface area contributed by atoms with E-state index in [2.05, 4.69) is 13.0 Å². The molecule has 4 heteroatoms. The minimum atomic E-state index is -0.610. The molecular weight excluding hydrogens is 316 g/mol. The second-order valence-electron chi connectivity index (χ2n) is 7.76. The third-order valence-corrected chi connectivity index (χ3v) is 6.22. The molecule has 5 atom stereocenters. The van der Waals surface area contributed by atoms with Gasteiger partial charge in [-0.25, -0.2) is 0 Å². The monoisotopic (exact) mass is 346 g/mol. The van der Waals surface area contributed by atoms with Crippen molar-refractivity contribution in [3.8, 4) is 5.75 Å². The Labute approximate surface area is 150 Å². The van der Waals surface area contributed by atoms with Gasteiger partial charge in [0, 0.05) is 0 Å². The van der Waals surface area contributed by atoms with E-state index in [1.807, 2.05) is 13.0 Å². The first-order valence-electron chi connectivity index (χ1n) is 9.67. The highest BCUT2D eigenvalue weighted by atomic mass is 16.5. The van der Waals surface area contributed by atoms with Crippen LogP contribution in [-0.2, 0) is 16.0 Å². The van der Waals surface area contributed by atoms with Gasteiger partial charge in [0.05, 0.1) is 18.6 Å². The number of fused-ring (bicyclic) bond motifs is 3. The Balaban J connectivity index is 1.85. The lowest BCUT2D eigenvalue weighted by atomic mass is 9.67. The number of hydrogen-bond donors (Lipinski definition) is 2. The number of phenolic OH excluding ortho intramolecular Hbond substituents is 1. The molecule has 0 unspecified atom stereocenters. The van der Waals surface area contributed by atoms with Crippen LogP contribution in [0.3, 0.4) is 0 Å². The average Bonchev–Trinajstić information content (AvgIpc) is 2.64. The van der Waals surface area contributed by atoms with Crippen LogP contribution >= 0.6 is 0 Å². The normalized spacial score (nSPS) is 32.5. The summed E-state index contributed by atoms with van der Waals surface area (Å²) >= 11 is 0. The molecule has 0 amide bonds. The van der Waals surface area contributed by atoms with E-state index in [0.29, 0.717) is 43.0 Å². The molecule has 3 rings (SSSR count). The Bertz CT molecular complexity index is 612. The summed E-state index contributed by atoms with van der Waals surface area (Å²) in [6.07, 6.45) is 4.71. The van der Waals surface area contributed by atoms with Crippen molar-refractivity contribution in [3.05, 3.63) is 29.3 Å². The van der Waals surface area contributed by atoms with E-state index in [-0.39, 0.29) is 5.97 Å². The summed E-state index contributed by atoms with van der Waals surface area (Å²) in [6.45, 7) is 4.39. The second kappa shape index (κ2) is 7.77. The van der Waals surface area contributed by atoms with E-state index in [1.54, 1.807) is 6.07 Å². The van der Waals surface area contributed by atoms with Gasteiger partial charge in [-0.1, -0.05) is 19.4 Å². The van der Waals surface area contributed by atoms with Crippen LogP contribution in [0.5, 0.6) is 5.75 Å². The summed E-state index contributed by atoms with van der Waals surface area (Å²) in [5.74, 6) is 1.00. The zero-order valence-electron chi connectivity index (χ0n) is 15.3. The Morgan fingerprint density at radius 1 is 1.28 bits per heavy atom. The van der Waals surface area contributed by atoms with E-state index in [4.69, 9.17) is 4.74 Å². The predicted molar refractivity (Wildman–Crippen MR) is 96.4 cm³/mol. The van der Waals surface area contributed by atoms with Crippen LogP contribution in [0.2, 0.25) is 0 Å². The zero-order chi connectivity index (χ0) is 18.0. The third kappa shape index (κ3) is 3.84. The van der Waals surface area contributed by atoms with Crippen LogP contribution < -0.4 is 0 Å². The van der Waals surface area contributed by atoms with Gasteiger partial charge in [0.25, 0.3) is 0 Å². The number of aliphatic hydroxyl groups is 1. The number of carbonyl (C=O) groups excluding carboxylic acids is 1. The molecule has 0 spiro atoms. The standard InChI is InChI=1S/C21H30O4/c1-3-25-21(24)19-11-13(2)16-9-7-14-12-15(22)8-10-17(14)18(16)5-4-6-20(19)23/h8,10,12-13,16,18-20,22-23H,3-7,9,11H2,1-2H3/t13-,16-,18-,19+,20+/m0/s1. The highest BCUT2D eigenvalue weighted by Crippen LogP contribution is 2.46. The van der Waals surface area contributed by atoms with Crippen molar-refractivity contribution in [2.75, 3.05) is 6.61 Å². The van der Waals surface area contributed by atoms with Gasteiger partial charge in [-0.3, -0.25) is 4.79 Å². The van der Waals surface area contributed by atoms with Crippen LogP contribution in [0.15, 0.2) is 18.2 Å². The van der Waals surface area contributed by atoms with Gasteiger partial charge in [-0.2, -0.15) is 0 Å². The Hall–Kier alpha value is -1.55. The van der Waals surface area contributed by atoms with E-state index in [0.717, 1.165) is 25.7 Å². The molecule has 4 nitrogen and oxygen atoms in total. The van der Waals surface area contributed by atoms with Crippen LogP contribution in [0.25, 0.3) is 0 Å². The highest BCUT2D eigenvalue weighted by molar-refractivity contribution is 5.73. The van der Waals surface area contributed by atoms with Crippen molar-refractivity contribution in [1.29, 1.82) is 0 Å². The van der Waals surface area contributed by atoms with Gasteiger partial charge in [0.2, 0.25) is 0 Å². The van der Waals surface area contributed by atoms with Crippen molar-refractivity contribution in [3.63, 3.8) is 0 Å². The number of aromatic hydroxyl groups is 1. The van der Waals surface area contributed by atoms with Crippen molar-refractivity contribution in [1.82, 2.24) is 0 Å². The SMILES string of the molecule is CCOC(=O)[C@@H]1C[C@H](C)[C@@H]2CCc3cc(O)ccc3[C@H]2CCC[C@H]1O. The highest BCUT2D eigenvalue weighted by Gasteiger charge is 2.38. The second-order valence-corrected chi connectivity index (χ2v) is 7.76. The molecule has 2 aliphatic carbocycles. The number of esters is 1. The molecule has 1 saturated carbocycles. The molecule has 0 heterocycles. The molecule has 1 aromatic rings. The van der Waals surface area contributed by atoms with E-state index in [9.17, 15) is 15.0 Å². The lowest BCUT2D eigenvalue weighted by Crippen LogP contribution is -2.33. The maximum atomic E-state index is 12.3. The lowest BCUT2D eigenvalue weighted by Gasteiger charge is -2.37. The van der Waals surface area contributed by atoms with Crippen LogP contribution in [0.4, 0.5) is 0 Å². The fourth-order valence-electron chi connectivity index (χ4n) is 4.96. The van der Waals surface area contributed by atoms with Gasteiger partial charge in [0.1, 0.15) is 5.75 Å². The van der Waals surface area contributed by atoms with Crippen molar-refractivity contribution >= 4 is 5.97 Å². The van der Waals surface area contributed by atoms with Gasteiger partial charge < -0.3 is 14.9 Å². The minimum absolute atomic E-state index is 0.249. The van der Waals surface area contributed by atoms with E-state index < -0.39 is 12.0 Å². The number of ether oxygens (including phenoxy) is 1. The average molecular weight is 346 g/mol. The van der Waals surface area contributed by atoms with E-state index in [1.165, 1.54) is 11.1 Å². The van der Waals surface area contributed by atoms with Crippen LogP contribution in [-0.4, -0.2) is 28.9 Å². The summed E-state index contributed by atoms with van der Waals surface area (Å²) in [4.78, 5) is 12.3. The number of carbonyl (C=O) groups is 1. The number of benzene rings is 1. The molecule has 0 aromatic heterocycles. The van der Waals surface area contributed by atoms with Gasteiger partial charge >= 0.3 is 5.97 Å². The first-order valence-corrected chi connectivity index (χ1v) is 9.67. The van der Waals surface area contributed by atoms with Crippen LogP contribution in [0, 0.1) is 17.8 Å². The quantitative estimate of drug-likeness (QED) is 0.800. The third-order valence-electron chi connectivity index (χ3n) is 6.22. The molecule has 0 bridgehead atoms. The Morgan fingerprint density at radius 2 is 2.08 bits per heavy atom. The molecule has 2 aliphatic rings. The molecule has 2 N–H and O–H groups in total. The molecule has 1 aromatic carbocycles. The number of phenols is 1. The largest absolute Gasteiger partial charge is 0.508 e. The fraction of sp³-hybridized carbons (Fsp3) is 0.667. The Morgan fingerprint density at radius 3 is 2.84 bits per heavy atom. The van der Waals surface area contributed by atoms with E-state index >= 15 is 0 Å². The summed E-state index contributed by atoms with van der Waals surface area (Å²) in [5.41, 5.74) is 2.61. The number of aryl methyl sites for hydroxylation is 1. The summed E-state index contributed by atoms with van der Waals surface area (Å²) in [6, 6.07) is 5.76. The number of aliphatic hydroxyl groups excluding tert-OH is 1. The molecule has 138 valence electrons. The lowest BCUT2D eigenvalue weighted by molar-refractivity contribution is -0.153. The topological polar surface area (TPSA) is 66.8 Å². The van der Waals surface area contributed by atoms with Crippen molar-refractivity contribution < 1.29 is 19.7 Å². The fourth-order valence-corrected chi connectivity index (χ4v) is 4.96. The smallest absolute Gasteiger partial charge is 0.311 e. The molecule has 25 heavy (non-hydrogen) atoms. The summed E-state index contributed by atoms with van der Waals surface area (Å²) < 4.78 is 5.22. The van der Waals surface area contributed by atoms with Gasteiger partial charge in [0.15, 0.2) is 0 Å². The maximum Gasteiger partial charge on any atom is 0.311 e. The summed E-state index contributed by atoms with van der Waals surface area (Å²) in [5, 5.41) is 20.3. The van der Waals surface area contributed by atoms with Crippen molar-refractivity contribution in [2.45, 2.75) is 64.4 Å². The zero-order valence-corrected chi connectivity index (χ0v) is 15.3. The molecule has 0 saturated heterocycles.